The van der Waals surface area contributed by atoms with Gasteiger partial charge in [0.15, 0.2) is 0 Å². The Balaban J connectivity index is 2.45. The van der Waals surface area contributed by atoms with Crippen molar-refractivity contribution in [2.75, 3.05) is 20.3 Å². The van der Waals surface area contributed by atoms with E-state index in [-0.39, 0.29) is 5.97 Å². The minimum atomic E-state index is -0.324. The van der Waals surface area contributed by atoms with Crippen molar-refractivity contribution >= 4 is 5.97 Å². The first kappa shape index (κ1) is 11.7. The summed E-state index contributed by atoms with van der Waals surface area (Å²) in [5.74, 6) is -0.324. The van der Waals surface area contributed by atoms with Crippen LogP contribution in [0.3, 0.4) is 0 Å². The number of aromatic nitrogens is 2. The van der Waals surface area contributed by atoms with Gasteiger partial charge < -0.3 is 9.47 Å². The van der Waals surface area contributed by atoms with E-state index in [0.29, 0.717) is 18.8 Å². The first-order valence-corrected chi connectivity index (χ1v) is 4.96. The molecule has 1 rings (SSSR count). The third-order valence-electron chi connectivity index (χ3n) is 1.88. The molecule has 0 N–H and O–H groups in total. The number of hydrogen-bond donors (Lipinski definition) is 0. The second kappa shape index (κ2) is 6.19. The summed E-state index contributed by atoms with van der Waals surface area (Å²) in [4.78, 5) is 11.3. The van der Waals surface area contributed by atoms with Gasteiger partial charge in [0.25, 0.3) is 0 Å². The number of esters is 1. The van der Waals surface area contributed by atoms with Gasteiger partial charge >= 0.3 is 5.97 Å². The van der Waals surface area contributed by atoms with Crippen molar-refractivity contribution in [2.45, 2.75) is 19.9 Å². The minimum absolute atomic E-state index is 0.324. The van der Waals surface area contributed by atoms with E-state index in [0.717, 1.165) is 13.0 Å². The highest BCUT2D eigenvalue weighted by atomic mass is 16.5. The predicted octanol–water partition coefficient (Wildman–Crippen LogP) is 1.10. The topological polar surface area (TPSA) is 53.3 Å². The number of rotatable bonds is 6. The standard InChI is InChI=1S/C10H16N2O3/c1-3-15-10(13)9-7-11-12(8-9)5-4-6-14-2/h7-8H,3-6H2,1-2H3. The Morgan fingerprint density at radius 2 is 2.40 bits per heavy atom. The molecule has 1 aromatic heterocycles. The maximum atomic E-state index is 11.3. The normalized spacial score (nSPS) is 10.3. The highest BCUT2D eigenvalue weighted by Crippen LogP contribution is 2.01. The fourth-order valence-corrected chi connectivity index (χ4v) is 1.18. The van der Waals surface area contributed by atoms with Crippen molar-refractivity contribution < 1.29 is 14.3 Å². The molecule has 0 saturated carbocycles. The molecule has 1 heterocycles. The Hall–Kier alpha value is -1.36. The van der Waals surface area contributed by atoms with Crippen LogP contribution < -0.4 is 0 Å². The van der Waals surface area contributed by atoms with Crippen molar-refractivity contribution in [2.24, 2.45) is 0 Å². The average Bonchev–Trinajstić information content (AvgIpc) is 2.67. The van der Waals surface area contributed by atoms with Gasteiger partial charge in [-0.05, 0) is 13.3 Å². The van der Waals surface area contributed by atoms with Gasteiger partial charge in [0.05, 0.1) is 18.4 Å². The van der Waals surface area contributed by atoms with Gasteiger partial charge in [-0.25, -0.2) is 4.79 Å². The molecule has 5 heteroatoms. The van der Waals surface area contributed by atoms with E-state index in [1.807, 2.05) is 0 Å². The van der Waals surface area contributed by atoms with Gasteiger partial charge in [-0.15, -0.1) is 0 Å². The van der Waals surface area contributed by atoms with E-state index in [1.165, 1.54) is 6.20 Å². The molecule has 0 spiro atoms. The van der Waals surface area contributed by atoms with Crippen molar-refractivity contribution in [3.05, 3.63) is 18.0 Å². The SMILES string of the molecule is CCOC(=O)c1cnn(CCCOC)c1. The summed E-state index contributed by atoms with van der Waals surface area (Å²) < 4.78 is 11.5. The monoisotopic (exact) mass is 212 g/mol. The second-order valence-corrected chi connectivity index (χ2v) is 3.06. The smallest absolute Gasteiger partial charge is 0.341 e. The average molecular weight is 212 g/mol. The van der Waals surface area contributed by atoms with Crippen molar-refractivity contribution in [3.63, 3.8) is 0 Å². The summed E-state index contributed by atoms with van der Waals surface area (Å²) >= 11 is 0. The lowest BCUT2D eigenvalue weighted by atomic mass is 10.4. The van der Waals surface area contributed by atoms with Crippen LogP contribution in [0, 0.1) is 0 Å². The molecule has 0 aliphatic heterocycles. The molecule has 84 valence electrons. The molecule has 15 heavy (non-hydrogen) atoms. The van der Waals surface area contributed by atoms with Crippen LogP contribution in [0.25, 0.3) is 0 Å². The molecule has 0 amide bonds. The zero-order valence-corrected chi connectivity index (χ0v) is 9.10. The summed E-state index contributed by atoms with van der Waals surface area (Å²) in [5, 5.41) is 4.05. The number of methoxy groups -OCH3 is 1. The number of aryl methyl sites for hydroxylation is 1. The van der Waals surface area contributed by atoms with Crippen molar-refractivity contribution in [1.29, 1.82) is 0 Å². The van der Waals surface area contributed by atoms with E-state index < -0.39 is 0 Å². The molecule has 0 aliphatic carbocycles. The zero-order chi connectivity index (χ0) is 11.1. The van der Waals surface area contributed by atoms with Crippen LogP contribution >= 0.6 is 0 Å². The third kappa shape index (κ3) is 3.71. The summed E-state index contributed by atoms with van der Waals surface area (Å²) in [7, 11) is 1.66. The molecule has 0 atom stereocenters. The Labute approximate surface area is 89.0 Å². The first-order chi connectivity index (χ1) is 7.27. The fraction of sp³-hybridized carbons (Fsp3) is 0.600. The van der Waals surface area contributed by atoms with Gasteiger partial charge in [0.1, 0.15) is 0 Å². The van der Waals surface area contributed by atoms with Gasteiger partial charge in [-0.2, -0.15) is 5.10 Å². The van der Waals surface area contributed by atoms with Gasteiger partial charge in [0, 0.05) is 26.5 Å². The highest BCUT2D eigenvalue weighted by molar-refractivity contribution is 5.88. The van der Waals surface area contributed by atoms with Gasteiger partial charge in [-0.3, -0.25) is 4.68 Å². The molecule has 5 nitrogen and oxygen atoms in total. The molecule has 0 unspecified atom stereocenters. The molecule has 0 aliphatic rings. The predicted molar refractivity (Wildman–Crippen MR) is 54.7 cm³/mol. The Bertz CT molecular complexity index is 309. The maximum absolute atomic E-state index is 11.3. The summed E-state index contributed by atoms with van der Waals surface area (Å²) in [6.45, 7) is 3.59. The molecule has 1 aromatic rings. The molecule has 0 fully saturated rings. The van der Waals surface area contributed by atoms with E-state index in [4.69, 9.17) is 9.47 Å². The quantitative estimate of drug-likeness (QED) is 0.523. The third-order valence-corrected chi connectivity index (χ3v) is 1.88. The molecular weight excluding hydrogens is 196 g/mol. The Kier molecular flexibility index (Phi) is 4.83. The van der Waals surface area contributed by atoms with Crippen LogP contribution in [-0.4, -0.2) is 36.1 Å². The number of carbonyl (C=O) groups is 1. The van der Waals surface area contributed by atoms with Crippen molar-refractivity contribution in [3.8, 4) is 0 Å². The van der Waals surface area contributed by atoms with E-state index in [1.54, 1.807) is 24.9 Å². The summed E-state index contributed by atoms with van der Waals surface area (Å²) in [5.41, 5.74) is 0.495. The van der Waals surface area contributed by atoms with Crippen LogP contribution in [0.2, 0.25) is 0 Å². The van der Waals surface area contributed by atoms with Crippen LogP contribution in [-0.2, 0) is 16.0 Å². The molecular formula is C10H16N2O3. The number of nitrogens with zero attached hydrogens (tertiary/aromatic N) is 2. The number of ether oxygens (including phenoxy) is 2. The molecule has 0 radical (unpaired) electrons. The van der Waals surface area contributed by atoms with Crippen LogP contribution in [0.15, 0.2) is 12.4 Å². The number of hydrogen-bond acceptors (Lipinski definition) is 4. The fourth-order valence-electron chi connectivity index (χ4n) is 1.18. The lowest BCUT2D eigenvalue weighted by Crippen LogP contribution is -2.04. The van der Waals surface area contributed by atoms with Gasteiger partial charge in [-0.1, -0.05) is 0 Å². The summed E-state index contributed by atoms with van der Waals surface area (Å²) in [6.07, 6.45) is 4.08. The van der Waals surface area contributed by atoms with E-state index in [9.17, 15) is 4.79 Å². The second-order valence-electron chi connectivity index (χ2n) is 3.06. The van der Waals surface area contributed by atoms with Crippen LogP contribution in [0.4, 0.5) is 0 Å². The Morgan fingerprint density at radius 1 is 1.60 bits per heavy atom. The van der Waals surface area contributed by atoms with E-state index in [2.05, 4.69) is 5.10 Å². The number of carbonyl (C=O) groups excluding carboxylic acids is 1. The zero-order valence-electron chi connectivity index (χ0n) is 9.10. The van der Waals surface area contributed by atoms with E-state index >= 15 is 0 Å². The lowest BCUT2D eigenvalue weighted by molar-refractivity contribution is 0.0526. The summed E-state index contributed by atoms with van der Waals surface area (Å²) in [6, 6.07) is 0. The van der Waals surface area contributed by atoms with Gasteiger partial charge in [0.2, 0.25) is 0 Å². The van der Waals surface area contributed by atoms with Crippen LogP contribution in [0.1, 0.15) is 23.7 Å². The molecule has 0 aromatic carbocycles. The minimum Gasteiger partial charge on any atom is -0.462 e. The van der Waals surface area contributed by atoms with Crippen molar-refractivity contribution in [1.82, 2.24) is 9.78 Å². The first-order valence-electron chi connectivity index (χ1n) is 4.96. The Morgan fingerprint density at radius 3 is 3.07 bits per heavy atom. The lowest BCUT2D eigenvalue weighted by Gasteiger charge is -1.99. The highest BCUT2D eigenvalue weighted by Gasteiger charge is 2.08. The molecule has 0 saturated heterocycles. The maximum Gasteiger partial charge on any atom is 0.341 e. The largest absolute Gasteiger partial charge is 0.462 e. The van der Waals surface area contributed by atoms with Crippen LogP contribution in [0.5, 0.6) is 0 Å². The molecule has 0 bridgehead atoms.